The first kappa shape index (κ1) is 17.3. The van der Waals surface area contributed by atoms with E-state index in [0.717, 1.165) is 17.1 Å². The van der Waals surface area contributed by atoms with E-state index >= 15 is 0 Å². The van der Waals surface area contributed by atoms with E-state index in [1.807, 2.05) is 23.5 Å². The molecule has 0 saturated heterocycles. The molecule has 0 spiro atoms. The number of nitrogens with zero attached hydrogens (tertiary/aromatic N) is 1. The van der Waals surface area contributed by atoms with Gasteiger partial charge in [-0.05, 0) is 67.1 Å². The summed E-state index contributed by atoms with van der Waals surface area (Å²) < 4.78 is 0. The Kier molecular flexibility index (Phi) is 5.17. The standard InChI is InChI=1S/C25H21NS/c1-20-12-18-25(27-20)19-15-21-13-16-24(17-14-21)26(22-8-4-2-5-9-22)23-10-6-3-7-11-23/h2-19H,1H3/b19-15+. The molecule has 3 aromatic carbocycles. The molecule has 0 fully saturated rings. The first-order valence-electron chi connectivity index (χ1n) is 9.04. The molecule has 0 unspecified atom stereocenters. The van der Waals surface area contributed by atoms with E-state index in [1.165, 1.54) is 15.3 Å². The van der Waals surface area contributed by atoms with Gasteiger partial charge in [-0.1, -0.05) is 54.6 Å². The Morgan fingerprint density at radius 3 is 1.67 bits per heavy atom. The number of hydrogen-bond acceptors (Lipinski definition) is 2. The molecule has 1 aromatic heterocycles. The van der Waals surface area contributed by atoms with Gasteiger partial charge in [0.2, 0.25) is 0 Å². The highest BCUT2D eigenvalue weighted by Gasteiger charge is 2.11. The highest BCUT2D eigenvalue weighted by atomic mass is 32.1. The third-order valence-corrected chi connectivity index (χ3v) is 5.35. The van der Waals surface area contributed by atoms with E-state index in [-0.39, 0.29) is 0 Å². The highest BCUT2D eigenvalue weighted by molar-refractivity contribution is 7.12. The van der Waals surface area contributed by atoms with Crippen LogP contribution in [0.5, 0.6) is 0 Å². The van der Waals surface area contributed by atoms with E-state index < -0.39 is 0 Å². The SMILES string of the molecule is Cc1ccc(/C=C/c2ccc(N(c3ccccc3)c3ccccc3)cc2)s1. The molecule has 0 atom stereocenters. The minimum atomic E-state index is 1.15. The summed E-state index contributed by atoms with van der Waals surface area (Å²) in [4.78, 5) is 4.90. The highest BCUT2D eigenvalue weighted by Crippen LogP contribution is 2.34. The van der Waals surface area contributed by atoms with E-state index in [0.29, 0.717) is 0 Å². The zero-order valence-electron chi connectivity index (χ0n) is 15.2. The number of thiophene rings is 1. The number of benzene rings is 3. The molecule has 27 heavy (non-hydrogen) atoms. The predicted molar refractivity (Wildman–Crippen MR) is 119 cm³/mol. The topological polar surface area (TPSA) is 3.24 Å². The molecular formula is C25H21NS. The first-order chi connectivity index (χ1) is 13.3. The van der Waals surface area contributed by atoms with Crippen molar-refractivity contribution in [3.63, 3.8) is 0 Å². The molecule has 1 nitrogen and oxygen atoms in total. The largest absolute Gasteiger partial charge is 0.311 e. The zero-order chi connectivity index (χ0) is 18.5. The molecule has 0 saturated carbocycles. The fraction of sp³-hybridized carbons (Fsp3) is 0.0400. The van der Waals surface area contributed by atoms with Crippen molar-refractivity contribution in [1.82, 2.24) is 0 Å². The monoisotopic (exact) mass is 367 g/mol. The summed E-state index contributed by atoms with van der Waals surface area (Å²) in [6.45, 7) is 2.14. The summed E-state index contributed by atoms with van der Waals surface area (Å²) in [7, 11) is 0. The van der Waals surface area contributed by atoms with Crippen LogP contribution in [-0.2, 0) is 0 Å². The second-order valence-electron chi connectivity index (χ2n) is 6.38. The van der Waals surface area contributed by atoms with Crippen LogP contribution < -0.4 is 4.90 Å². The maximum atomic E-state index is 2.27. The van der Waals surface area contributed by atoms with Gasteiger partial charge in [0.15, 0.2) is 0 Å². The van der Waals surface area contributed by atoms with Gasteiger partial charge in [0, 0.05) is 26.8 Å². The minimum absolute atomic E-state index is 1.15. The molecular weight excluding hydrogens is 346 g/mol. The van der Waals surface area contributed by atoms with Crippen molar-refractivity contribution in [3.8, 4) is 0 Å². The van der Waals surface area contributed by atoms with Crippen molar-refractivity contribution in [3.05, 3.63) is 112 Å². The van der Waals surface area contributed by atoms with Crippen LogP contribution in [0.4, 0.5) is 17.1 Å². The predicted octanol–water partition coefficient (Wildman–Crippen LogP) is 7.70. The van der Waals surface area contributed by atoms with Crippen LogP contribution >= 0.6 is 11.3 Å². The normalized spacial score (nSPS) is 11.0. The molecule has 132 valence electrons. The van der Waals surface area contributed by atoms with Crippen molar-refractivity contribution < 1.29 is 0 Å². The summed E-state index contributed by atoms with van der Waals surface area (Å²) in [5, 5.41) is 0. The summed E-state index contributed by atoms with van der Waals surface area (Å²) in [5.41, 5.74) is 4.66. The second-order valence-corrected chi connectivity index (χ2v) is 7.70. The number of hydrogen-bond donors (Lipinski definition) is 0. The molecule has 0 amide bonds. The van der Waals surface area contributed by atoms with Gasteiger partial charge in [-0.3, -0.25) is 0 Å². The first-order valence-corrected chi connectivity index (χ1v) is 9.86. The lowest BCUT2D eigenvalue weighted by molar-refractivity contribution is 1.28. The third-order valence-electron chi connectivity index (χ3n) is 4.38. The van der Waals surface area contributed by atoms with Crippen LogP contribution in [0.25, 0.3) is 12.2 Å². The zero-order valence-corrected chi connectivity index (χ0v) is 16.1. The van der Waals surface area contributed by atoms with Gasteiger partial charge < -0.3 is 4.90 Å². The van der Waals surface area contributed by atoms with Gasteiger partial charge in [0.25, 0.3) is 0 Å². The van der Waals surface area contributed by atoms with Crippen LogP contribution in [0.3, 0.4) is 0 Å². The lowest BCUT2D eigenvalue weighted by atomic mass is 10.1. The van der Waals surface area contributed by atoms with Crippen LogP contribution in [0.15, 0.2) is 97.1 Å². The lowest BCUT2D eigenvalue weighted by Crippen LogP contribution is -2.09. The van der Waals surface area contributed by atoms with Gasteiger partial charge in [0.1, 0.15) is 0 Å². The summed E-state index contributed by atoms with van der Waals surface area (Å²) >= 11 is 1.81. The third kappa shape index (κ3) is 4.18. The minimum Gasteiger partial charge on any atom is -0.311 e. The average Bonchev–Trinajstić information content (AvgIpc) is 3.14. The summed E-state index contributed by atoms with van der Waals surface area (Å²) in [5.74, 6) is 0. The fourth-order valence-corrected chi connectivity index (χ4v) is 3.84. The molecule has 2 heteroatoms. The lowest BCUT2D eigenvalue weighted by Gasteiger charge is -2.25. The molecule has 0 aliphatic heterocycles. The van der Waals surface area contributed by atoms with Crippen LogP contribution in [0, 0.1) is 6.92 Å². The van der Waals surface area contributed by atoms with Gasteiger partial charge in [-0.25, -0.2) is 0 Å². The smallest absolute Gasteiger partial charge is 0.0462 e. The Bertz CT molecular complexity index is 975. The molecule has 0 bridgehead atoms. The van der Waals surface area contributed by atoms with Crippen LogP contribution in [0.1, 0.15) is 15.3 Å². The van der Waals surface area contributed by atoms with Crippen molar-refractivity contribution in [2.45, 2.75) is 6.92 Å². The van der Waals surface area contributed by atoms with Crippen molar-refractivity contribution in [2.24, 2.45) is 0 Å². The van der Waals surface area contributed by atoms with E-state index in [4.69, 9.17) is 0 Å². The van der Waals surface area contributed by atoms with Crippen molar-refractivity contribution >= 4 is 40.6 Å². The van der Waals surface area contributed by atoms with Gasteiger partial charge in [-0.2, -0.15) is 0 Å². The van der Waals surface area contributed by atoms with E-state index in [1.54, 1.807) is 0 Å². The Balaban J connectivity index is 1.64. The fourth-order valence-electron chi connectivity index (χ4n) is 3.06. The van der Waals surface area contributed by atoms with Gasteiger partial charge >= 0.3 is 0 Å². The van der Waals surface area contributed by atoms with Crippen LogP contribution in [-0.4, -0.2) is 0 Å². The number of anilines is 3. The number of para-hydroxylation sites is 2. The second kappa shape index (κ2) is 8.07. The molecule has 0 N–H and O–H groups in total. The summed E-state index contributed by atoms with van der Waals surface area (Å²) in [6, 6.07) is 34.0. The molecule has 0 aliphatic carbocycles. The molecule has 4 aromatic rings. The molecule has 1 heterocycles. The van der Waals surface area contributed by atoms with Gasteiger partial charge in [-0.15, -0.1) is 11.3 Å². The van der Waals surface area contributed by atoms with E-state index in [2.05, 4.69) is 109 Å². The maximum Gasteiger partial charge on any atom is 0.0462 e. The Labute approximate surface area is 164 Å². The summed E-state index contributed by atoms with van der Waals surface area (Å²) in [6.07, 6.45) is 4.35. The van der Waals surface area contributed by atoms with Crippen molar-refractivity contribution in [1.29, 1.82) is 0 Å². The van der Waals surface area contributed by atoms with Crippen LogP contribution in [0.2, 0.25) is 0 Å². The number of aryl methyl sites for hydroxylation is 1. The van der Waals surface area contributed by atoms with E-state index in [9.17, 15) is 0 Å². The quantitative estimate of drug-likeness (QED) is 0.349. The van der Waals surface area contributed by atoms with Gasteiger partial charge in [0.05, 0.1) is 0 Å². The Morgan fingerprint density at radius 1 is 0.593 bits per heavy atom. The Hall–Kier alpha value is -3.10. The molecule has 0 aliphatic rings. The number of rotatable bonds is 5. The maximum absolute atomic E-state index is 2.27. The Morgan fingerprint density at radius 2 is 1.15 bits per heavy atom. The van der Waals surface area contributed by atoms with Crippen molar-refractivity contribution in [2.75, 3.05) is 4.90 Å². The molecule has 0 radical (unpaired) electrons. The average molecular weight is 368 g/mol. The molecule has 4 rings (SSSR count).